The summed E-state index contributed by atoms with van der Waals surface area (Å²) in [6.07, 6.45) is 4.83. The van der Waals surface area contributed by atoms with E-state index in [-0.39, 0.29) is 18.1 Å². The highest BCUT2D eigenvalue weighted by atomic mass is 16.5. The predicted molar refractivity (Wildman–Crippen MR) is 98.5 cm³/mol. The summed E-state index contributed by atoms with van der Waals surface area (Å²) >= 11 is 0. The summed E-state index contributed by atoms with van der Waals surface area (Å²) in [6, 6.07) is 12.5. The number of ether oxygens (including phenoxy) is 1. The van der Waals surface area contributed by atoms with Gasteiger partial charge in [0.2, 0.25) is 5.91 Å². The maximum absolute atomic E-state index is 11.4. The molecule has 1 fully saturated rings. The van der Waals surface area contributed by atoms with Crippen LogP contribution in [-0.2, 0) is 16.6 Å². The number of carbonyl (C=O) groups excluding carboxylic acids is 1. The van der Waals surface area contributed by atoms with Gasteiger partial charge in [0.25, 0.3) is 0 Å². The van der Waals surface area contributed by atoms with E-state index < -0.39 is 0 Å². The van der Waals surface area contributed by atoms with Gasteiger partial charge in [-0.15, -0.1) is 0 Å². The molecule has 126 valence electrons. The molecule has 3 aromatic rings. The van der Waals surface area contributed by atoms with Gasteiger partial charge < -0.3 is 14.6 Å². The van der Waals surface area contributed by atoms with Crippen molar-refractivity contribution in [3.8, 4) is 11.1 Å². The Bertz CT molecular complexity index is 1020. The molecule has 1 saturated heterocycles. The molecule has 2 aliphatic rings. The smallest absolute Gasteiger partial charge is 0.221 e. The van der Waals surface area contributed by atoms with Crippen molar-refractivity contribution in [3.05, 3.63) is 53.7 Å². The predicted octanol–water partition coefficient (Wildman–Crippen LogP) is 4.71. The third-order valence-corrected chi connectivity index (χ3v) is 5.41. The molecular formula is C21H20N2O2. The number of hydrogen-bond donors (Lipinski definition) is 1. The minimum atomic E-state index is -0.0540. The lowest BCUT2D eigenvalue weighted by Crippen LogP contribution is -2.05. The van der Waals surface area contributed by atoms with Gasteiger partial charge in [0, 0.05) is 36.8 Å². The number of nitrogens with zero attached hydrogens (tertiary/aromatic N) is 1. The number of aryl methyl sites for hydroxylation is 1. The number of nitrogens with one attached hydrogen (secondary N) is 1. The first-order valence-corrected chi connectivity index (χ1v) is 8.77. The molecule has 5 rings (SSSR count). The van der Waals surface area contributed by atoms with Crippen LogP contribution in [-0.4, -0.2) is 10.5 Å². The number of benzene rings is 2. The van der Waals surface area contributed by atoms with Crippen molar-refractivity contribution in [2.24, 2.45) is 7.05 Å². The molecule has 1 N–H and O–H groups in total. The molecule has 2 unspecified atom stereocenters. The second kappa shape index (κ2) is 5.20. The molecule has 1 amide bonds. The molecule has 1 aromatic heterocycles. The van der Waals surface area contributed by atoms with Crippen molar-refractivity contribution in [1.82, 2.24) is 4.57 Å². The van der Waals surface area contributed by atoms with Crippen molar-refractivity contribution in [2.75, 3.05) is 5.32 Å². The Morgan fingerprint density at radius 3 is 2.88 bits per heavy atom. The van der Waals surface area contributed by atoms with Gasteiger partial charge in [0.1, 0.15) is 0 Å². The van der Waals surface area contributed by atoms with Crippen LogP contribution < -0.4 is 5.32 Å². The summed E-state index contributed by atoms with van der Waals surface area (Å²) in [7, 11) is 2.10. The van der Waals surface area contributed by atoms with Gasteiger partial charge in [-0.2, -0.15) is 0 Å². The normalized spacial score (nSPS) is 20.9. The maximum atomic E-state index is 11.4. The first-order valence-electron chi connectivity index (χ1n) is 8.77. The average Bonchev–Trinajstić information content (AvgIpc) is 3.29. The Morgan fingerprint density at radius 2 is 2.04 bits per heavy atom. The highest BCUT2D eigenvalue weighted by molar-refractivity contribution is 6.00. The number of fused-ring (bicyclic) bond motifs is 7. The van der Waals surface area contributed by atoms with Gasteiger partial charge in [-0.3, -0.25) is 4.79 Å². The van der Waals surface area contributed by atoms with Crippen molar-refractivity contribution in [3.63, 3.8) is 0 Å². The lowest BCUT2D eigenvalue weighted by molar-refractivity contribution is -0.114. The summed E-state index contributed by atoms with van der Waals surface area (Å²) in [6.45, 7) is 1.53. The summed E-state index contributed by atoms with van der Waals surface area (Å²) in [4.78, 5) is 11.4. The topological polar surface area (TPSA) is 43.3 Å². The van der Waals surface area contributed by atoms with Crippen molar-refractivity contribution >= 4 is 22.5 Å². The number of aromatic nitrogens is 1. The number of amides is 1. The van der Waals surface area contributed by atoms with Gasteiger partial charge in [-0.05, 0) is 53.8 Å². The van der Waals surface area contributed by atoms with Gasteiger partial charge >= 0.3 is 0 Å². The average molecular weight is 332 g/mol. The molecular weight excluding hydrogens is 312 g/mol. The van der Waals surface area contributed by atoms with Crippen LogP contribution in [0, 0.1) is 0 Å². The van der Waals surface area contributed by atoms with E-state index in [0.29, 0.717) is 0 Å². The Labute approximate surface area is 146 Å². The largest absolute Gasteiger partial charge is 0.366 e. The molecule has 0 aliphatic carbocycles. The van der Waals surface area contributed by atoms with Crippen LogP contribution in [0.3, 0.4) is 0 Å². The zero-order valence-electron chi connectivity index (χ0n) is 14.4. The lowest BCUT2D eigenvalue weighted by Gasteiger charge is -2.17. The Hall–Kier alpha value is -2.59. The molecule has 0 saturated carbocycles. The SMILES string of the molecule is CC(=O)Nc1cccc(-c2cc3c(c4c2ccn4C)C2CCC3O2)c1. The van der Waals surface area contributed by atoms with Gasteiger partial charge in [0.15, 0.2) is 0 Å². The number of rotatable bonds is 2. The third-order valence-electron chi connectivity index (χ3n) is 5.41. The third kappa shape index (κ3) is 2.14. The van der Waals surface area contributed by atoms with Gasteiger partial charge in [-0.1, -0.05) is 12.1 Å². The lowest BCUT2D eigenvalue weighted by atomic mass is 9.86. The molecule has 2 aromatic carbocycles. The molecule has 4 nitrogen and oxygen atoms in total. The fourth-order valence-electron chi connectivity index (χ4n) is 4.42. The molecule has 4 heteroatoms. The summed E-state index contributed by atoms with van der Waals surface area (Å²) in [5.41, 5.74) is 7.15. The Kier molecular flexibility index (Phi) is 3.06. The molecule has 2 atom stereocenters. The minimum absolute atomic E-state index is 0.0540. The number of anilines is 1. The Morgan fingerprint density at radius 1 is 1.20 bits per heavy atom. The van der Waals surface area contributed by atoms with E-state index in [4.69, 9.17) is 4.74 Å². The zero-order valence-corrected chi connectivity index (χ0v) is 14.4. The van der Waals surface area contributed by atoms with E-state index in [1.54, 1.807) is 0 Å². The highest BCUT2D eigenvalue weighted by Crippen LogP contribution is 2.54. The highest BCUT2D eigenvalue weighted by Gasteiger charge is 2.40. The Balaban J connectivity index is 1.74. The van der Waals surface area contributed by atoms with Crippen molar-refractivity contribution in [2.45, 2.75) is 32.0 Å². The van der Waals surface area contributed by atoms with Gasteiger partial charge in [0.05, 0.1) is 17.7 Å². The summed E-state index contributed by atoms with van der Waals surface area (Å²) in [5.74, 6) is -0.0540. The first-order chi connectivity index (χ1) is 12.1. The van der Waals surface area contributed by atoms with Crippen LogP contribution in [0.25, 0.3) is 22.0 Å². The standard InChI is InChI=1S/C21H20N2O2/c1-12(24)22-14-5-3-4-13(10-14)16-11-17-18-6-7-19(25-18)20(17)21-15(16)8-9-23(21)2/h3-5,8-11,18-19H,6-7H2,1-2H3,(H,22,24). The van der Waals surface area contributed by atoms with Crippen LogP contribution in [0.4, 0.5) is 5.69 Å². The fourth-order valence-corrected chi connectivity index (χ4v) is 4.42. The van der Waals surface area contributed by atoms with Crippen molar-refractivity contribution in [1.29, 1.82) is 0 Å². The van der Waals surface area contributed by atoms with E-state index in [9.17, 15) is 4.79 Å². The first kappa shape index (κ1) is 14.7. The minimum Gasteiger partial charge on any atom is -0.366 e. The molecule has 0 radical (unpaired) electrons. The van der Waals surface area contributed by atoms with Crippen LogP contribution >= 0.6 is 0 Å². The van der Waals surface area contributed by atoms with Crippen LogP contribution in [0.2, 0.25) is 0 Å². The number of carbonyl (C=O) groups is 1. The second-order valence-corrected chi connectivity index (χ2v) is 7.07. The van der Waals surface area contributed by atoms with Crippen LogP contribution in [0.1, 0.15) is 43.1 Å². The summed E-state index contributed by atoms with van der Waals surface area (Å²) < 4.78 is 8.38. The maximum Gasteiger partial charge on any atom is 0.221 e. The van der Waals surface area contributed by atoms with Gasteiger partial charge in [-0.25, -0.2) is 0 Å². The molecule has 0 spiro atoms. The van der Waals surface area contributed by atoms with Crippen LogP contribution in [0.5, 0.6) is 0 Å². The summed E-state index contributed by atoms with van der Waals surface area (Å²) in [5, 5.41) is 4.13. The van der Waals surface area contributed by atoms with E-state index >= 15 is 0 Å². The zero-order chi connectivity index (χ0) is 17.1. The van der Waals surface area contributed by atoms with Crippen LogP contribution in [0.15, 0.2) is 42.6 Å². The van der Waals surface area contributed by atoms with E-state index in [0.717, 1.165) is 24.1 Å². The molecule has 25 heavy (non-hydrogen) atoms. The second-order valence-electron chi connectivity index (χ2n) is 7.07. The molecule has 2 aliphatic heterocycles. The molecule has 3 heterocycles. The van der Waals surface area contributed by atoms with E-state index in [1.165, 1.54) is 34.5 Å². The molecule has 2 bridgehead atoms. The monoisotopic (exact) mass is 332 g/mol. The fraction of sp³-hybridized carbons (Fsp3) is 0.286. The quantitative estimate of drug-likeness (QED) is 0.738. The van der Waals surface area contributed by atoms with E-state index in [1.807, 2.05) is 18.2 Å². The number of hydrogen-bond acceptors (Lipinski definition) is 2. The van der Waals surface area contributed by atoms with Crippen molar-refractivity contribution < 1.29 is 9.53 Å². The van der Waals surface area contributed by atoms with E-state index in [2.05, 4.69) is 41.3 Å².